The Hall–Kier alpha value is -2.59. The minimum absolute atomic E-state index is 0.0883. The zero-order valence-electron chi connectivity index (χ0n) is 13.9. The van der Waals surface area contributed by atoms with Crippen LogP contribution in [-0.4, -0.2) is 16.7 Å². The van der Waals surface area contributed by atoms with Crippen LogP contribution in [0.3, 0.4) is 0 Å². The third-order valence-corrected chi connectivity index (χ3v) is 4.65. The maximum Gasteiger partial charge on any atom is 0.223 e. The molecule has 3 rings (SSSR count). The van der Waals surface area contributed by atoms with Crippen LogP contribution in [0.15, 0.2) is 54.7 Å². The number of carbonyl (C=O) groups is 2. The van der Waals surface area contributed by atoms with Crippen LogP contribution in [0.1, 0.15) is 36.1 Å². The molecule has 4 nitrogen and oxygen atoms in total. The van der Waals surface area contributed by atoms with E-state index in [1.807, 2.05) is 48.5 Å². The van der Waals surface area contributed by atoms with Gasteiger partial charge in [0.25, 0.3) is 0 Å². The predicted octanol–water partition coefficient (Wildman–Crippen LogP) is 3.92. The van der Waals surface area contributed by atoms with E-state index in [2.05, 4.69) is 5.32 Å². The lowest BCUT2D eigenvalue weighted by atomic mass is 9.93. The molecule has 0 bridgehead atoms. The molecule has 2 amide bonds. The Balaban J connectivity index is 1.73. The first kappa shape index (κ1) is 17.2. The van der Waals surface area contributed by atoms with Gasteiger partial charge in [-0.25, -0.2) is 0 Å². The minimum atomic E-state index is -0.301. The van der Waals surface area contributed by atoms with Crippen LogP contribution >= 0.6 is 11.6 Å². The molecule has 0 spiro atoms. The van der Waals surface area contributed by atoms with E-state index >= 15 is 0 Å². The van der Waals surface area contributed by atoms with E-state index in [9.17, 15) is 9.59 Å². The van der Waals surface area contributed by atoms with E-state index in [0.29, 0.717) is 11.6 Å². The first-order valence-corrected chi connectivity index (χ1v) is 8.50. The molecule has 1 aliphatic heterocycles. The Bertz CT molecular complexity index is 832. The summed E-state index contributed by atoms with van der Waals surface area (Å²) in [5, 5.41) is 3.52. The van der Waals surface area contributed by atoms with Gasteiger partial charge in [0.1, 0.15) is 0 Å². The van der Waals surface area contributed by atoms with Crippen molar-refractivity contribution in [2.24, 2.45) is 0 Å². The topological polar surface area (TPSA) is 49.4 Å². The van der Waals surface area contributed by atoms with E-state index < -0.39 is 0 Å². The maximum absolute atomic E-state index is 12.5. The van der Waals surface area contributed by atoms with Gasteiger partial charge in [0.15, 0.2) is 0 Å². The molecule has 25 heavy (non-hydrogen) atoms. The molecule has 2 aromatic carbocycles. The van der Waals surface area contributed by atoms with Gasteiger partial charge in [0.2, 0.25) is 11.8 Å². The van der Waals surface area contributed by atoms with Crippen molar-refractivity contribution in [3.05, 3.63) is 76.4 Å². The average Bonchev–Trinajstić information content (AvgIpc) is 2.61. The quantitative estimate of drug-likeness (QED) is 0.904. The molecular weight excluding hydrogens is 336 g/mol. The van der Waals surface area contributed by atoms with Crippen LogP contribution in [-0.2, 0) is 16.1 Å². The molecular formula is C20H19ClN2O2. The van der Waals surface area contributed by atoms with Gasteiger partial charge in [-0.05, 0) is 28.8 Å². The maximum atomic E-state index is 12.5. The van der Waals surface area contributed by atoms with Gasteiger partial charge in [0.05, 0.1) is 12.5 Å². The fourth-order valence-corrected chi connectivity index (χ4v) is 3.20. The molecule has 1 N–H and O–H groups in total. The molecule has 1 heterocycles. The summed E-state index contributed by atoms with van der Waals surface area (Å²) >= 11 is 6.12. The van der Waals surface area contributed by atoms with Gasteiger partial charge in [0, 0.05) is 24.7 Å². The van der Waals surface area contributed by atoms with Gasteiger partial charge in [-0.15, -0.1) is 0 Å². The van der Waals surface area contributed by atoms with E-state index in [0.717, 1.165) is 16.7 Å². The van der Waals surface area contributed by atoms with Crippen molar-refractivity contribution < 1.29 is 9.59 Å². The number of amides is 2. The molecule has 0 unspecified atom stereocenters. The van der Waals surface area contributed by atoms with Crippen molar-refractivity contribution in [1.29, 1.82) is 0 Å². The minimum Gasteiger partial charge on any atom is -0.352 e. The number of nitrogens with one attached hydrogen (secondary N) is 1. The smallest absolute Gasteiger partial charge is 0.223 e. The van der Waals surface area contributed by atoms with Crippen molar-refractivity contribution >= 4 is 29.5 Å². The summed E-state index contributed by atoms with van der Waals surface area (Å²) < 4.78 is 0. The largest absolute Gasteiger partial charge is 0.352 e. The van der Waals surface area contributed by atoms with Crippen molar-refractivity contribution in [1.82, 2.24) is 10.2 Å². The normalized spacial score (nSPS) is 15.6. The Morgan fingerprint density at radius 3 is 2.60 bits per heavy atom. The van der Waals surface area contributed by atoms with Crippen LogP contribution in [0, 0.1) is 0 Å². The van der Waals surface area contributed by atoms with E-state index in [1.165, 1.54) is 6.92 Å². The molecule has 1 aliphatic rings. The van der Waals surface area contributed by atoms with Crippen LogP contribution in [0.25, 0.3) is 6.08 Å². The first-order valence-electron chi connectivity index (χ1n) is 8.12. The Kier molecular flexibility index (Phi) is 5.19. The first-order chi connectivity index (χ1) is 12.1. The molecule has 0 radical (unpaired) electrons. The van der Waals surface area contributed by atoms with Gasteiger partial charge < -0.3 is 10.2 Å². The van der Waals surface area contributed by atoms with Gasteiger partial charge in [-0.3, -0.25) is 9.59 Å². The third-order valence-electron chi connectivity index (χ3n) is 4.28. The second-order valence-electron chi connectivity index (χ2n) is 5.96. The summed E-state index contributed by atoms with van der Waals surface area (Å²) in [6.07, 6.45) is 3.84. The Morgan fingerprint density at radius 2 is 1.84 bits per heavy atom. The zero-order valence-corrected chi connectivity index (χ0v) is 14.7. The number of hydrogen-bond acceptors (Lipinski definition) is 2. The van der Waals surface area contributed by atoms with Crippen molar-refractivity contribution in [3.8, 4) is 0 Å². The van der Waals surface area contributed by atoms with Crippen molar-refractivity contribution in [2.45, 2.75) is 25.9 Å². The number of carbonyl (C=O) groups excluding carboxylic acids is 2. The molecule has 0 aliphatic carbocycles. The summed E-state index contributed by atoms with van der Waals surface area (Å²) in [7, 11) is 0. The van der Waals surface area contributed by atoms with Gasteiger partial charge in [-0.1, -0.05) is 54.1 Å². The Morgan fingerprint density at radius 1 is 1.12 bits per heavy atom. The van der Waals surface area contributed by atoms with Crippen LogP contribution in [0.5, 0.6) is 0 Å². The fraction of sp³-hybridized carbons (Fsp3) is 0.200. The lowest BCUT2D eigenvalue weighted by molar-refractivity contribution is -0.130. The van der Waals surface area contributed by atoms with Crippen LogP contribution in [0.4, 0.5) is 0 Å². The molecule has 0 aromatic heterocycles. The number of rotatable bonds is 4. The standard InChI is InChI=1S/C20H19ClN2O2/c1-14(24)23-11-10-15-6-2-4-8-17(15)19(23)12-20(25)22-13-16-7-3-5-9-18(16)21/h2-11,19H,12-13H2,1H3,(H,22,25)/t19-/m0/s1. The summed E-state index contributed by atoms with van der Waals surface area (Å²) in [4.78, 5) is 26.0. The predicted molar refractivity (Wildman–Crippen MR) is 98.7 cm³/mol. The molecule has 0 saturated heterocycles. The Labute approximate surface area is 152 Å². The van der Waals surface area contributed by atoms with E-state index in [1.54, 1.807) is 17.2 Å². The molecule has 128 valence electrons. The number of hydrogen-bond donors (Lipinski definition) is 1. The third kappa shape index (κ3) is 3.91. The SMILES string of the molecule is CC(=O)N1C=Cc2ccccc2[C@@H]1CC(=O)NCc1ccccc1Cl. The summed E-state index contributed by atoms with van der Waals surface area (Å²) in [5.41, 5.74) is 2.88. The summed E-state index contributed by atoms with van der Waals surface area (Å²) in [6.45, 7) is 1.87. The number of halogens is 1. The highest BCUT2D eigenvalue weighted by molar-refractivity contribution is 6.31. The molecule has 1 atom stereocenters. The van der Waals surface area contributed by atoms with Gasteiger partial charge >= 0.3 is 0 Å². The number of benzene rings is 2. The highest BCUT2D eigenvalue weighted by Crippen LogP contribution is 2.32. The van der Waals surface area contributed by atoms with Crippen LogP contribution < -0.4 is 5.32 Å². The fourth-order valence-electron chi connectivity index (χ4n) is 3.00. The van der Waals surface area contributed by atoms with Crippen molar-refractivity contribution in [2.75, 3.05) is 0 Å². The monoisotopic (exact) mass is 354 g/mol. The highest BCUT2D eigenvalue weighted by Gasteiger charge is 2.28. The molecule has 5 heteroatoms. The lowest BCUT2D eigenvalue weighted by Gasteiger charge is -2.32. The second kappa shape index (κ2) is 7.53. The lowest BCUT2D eigenvalue weighted by Crippen LogP contribution is -2.35. The number of nitrogens with zero attached hydrogens (tertiary/aromatic N) is 1. The van der Waals surface area contributed by atoms with Crippen LogP contribution in [0.2, 0.25) is 5.02 Å². The average molecular weight is 355 g/mol. The van der Waals surface area contributed by atoms with Crippen molar-refractivity contribution in [3.63, 3.8) is 0 Å². The van der Waals surface area contributed by atoms with E-state index in [4.69, 9.17) is 11.6 Å². The molecule has 0 saturated carbocycles. The highest BCUT2D eigenvalue weighted by atomic mass is 35.5. The van der Waals surface area contributed by atoms with Gasteiger partial charge in [-0.2, -0.15) is 0 Å². The van der Waals surface area contributed by atoms with E-state index in [-0.39, 0.29) is 24.3 Å². The molecule has 2 aromatic rings. The second-order valence-corrected chi connectivity index (χ2v) is 6.37. The summed E-state index contributed by atoms with van der Waals surface area (Å²) in [5.74, 6) is -0.212. The summed E-state index contributed by atoms with van der Waals surface area (Å²) in [6, 6.07) is 14.9. The zero-order chi connectivity index (χ0) is 17.8. The molecule has 0 fully saturated rings. The number of fused-ring (bicyclic) bond motifs is 1.